The maximum Gasteiger partial charge on any atom is 0.141 e. The molecule has 19 heavy (non-hydrogen) atoms. The second kappa shape index (κ2) is 6.17. The summed E-state index contributed by atoms with van der Waals surface area (Å²) in [4.78, 5) is 0. The third-order valence-corrected chi connectivity index (χ3v) is 3.29. The fraction of sp³-hybridized carbons (Fsp3) is 0.357. The van der Waals surface area contributed by atoms with Crippen molar-refractivity contribution >= 4 is 11.6 Å². The van der Waals surface area contributed by atoms with E-state index >= 15 is 0 Å². The average Bonchev–Trinajstić information content (AvgIpc) is 2.80. The molecule has 1 aromatic carbocycles. The molecular formula is C14H17ClFN3. The van der Waals surface area contributed by atoms with E-state index in [1.807, 2.05) is 19.4 Å². The number of hydrogen-bond donors (Lipinski definition) is 1. The topological polar surface area (TPSA) is 29.9 Å². The van der Waals surface area contributed by atoms with Crippen molar-refractivity contribution in [2.45, 2.75) is 19.4 Å². The van der Waals surface area contributed by atoms with Gasteiger partial charge in [0.2, 0.25) is 0 Å². The van der Waals surface area contributed by atoms with Gasteiger partial charge in [-0.3, -0.25) is 4.68 Å². The lowest BCUT2D eigenvalue weighted by Crippen LogP contribution is -2.22. The number of likely N-dealkylation sites (N-methyl/N-ethyl adjacent to an activating group) is 1. The lowest BCUT2D eigenvalue weighted by molar-refractivity contribution is 0.548. The first-order chi connectivity index (χ1) is 9.10. The summed E-state index contributed by atoms with van der Waals surface area (Å²) < 4.78 is 14.9. The van der Waals surface area contributed by atoms with E-state index in [2.05, 4.69) is 17.3 Å². The Balaban J connectivity index is 2.18. The van der Waals surface area contributed by atoms with Gasteiger partial charge in [0.25, 0.3) is 0 Å². The molecule has 0 aliphatic heterocycles. The first kappa shape index (κ1) is 14.0. The van der Waals surface area contributed by atoms with Gasteiger partial charge in [-0.2, -0.15) is 5.10 Å². The van der Waals surface area contributed by atoms with E-state index in [4.69, 9.17) is 11.6 Å². The average molecular weight is 282 g/mol. The van der Waals surface area contributed by atoms with E-state index in [9.17, 15) is 4.39 Å². The molecule has 0 spiro atoms. The number of rotatable bonds is 5. The normalized spacial score (nSPS) is 12.6. The van der Waals surface area contributed by atoms with Gasteiger partial charge in [0.1, 0.15) is 5.82 Å². The van der Waals surface area contributed by atoms with Gasteiger partial charge >= 0.3 is 0 Å². The molecule has 1 heterocycles. The zero-order valence-electron chi connectivity index (χ0n) is 11.0. The first-order valence-electron chi connectivity index (χ1n) is 6.26. The third-order valence-electron chi connectivity index (χ3n) is 3.00. The van der Waals surface area contributed by atoms with Crippen LogP contribution < -0.4 is 5.32 Å². The molecule has 0 fully saturated rings. The summed E-state index contributed by atoms with van der Waals surface area (Å²) in [5.74, 6) is -0.383. The monoisotopic (exact) mass is 281 g/mol. The molecule has 1 unspecified atom stereocenters. The van der Waals surface area contributed by atoms with Gasteiger partial charge in [-0.25, -0.2) is 4.39 Å². The van der Waals surface area contributed by atoms with Gasteiger partial charge < -0.3 is 5.32 Å². The van der Waals surface area contributed by atoms with Gasteiger partial charge in [-0.05, 0) is 30.7 Å². The number of aromatic nitrogens is 2. The molecular weight excluding hydrogens is 265 g/mol. The van der Waals surface area contributed by atoms with E-state index in [1.165, 1.54) is 6.07 Å². The molecule has 1 atom stereocenters. The lowest BCUT2D eigenvalue weighted by Gasteiger charge is -2.16. The van der Waals surface area contributed by atoms with Crippen LogP contribution in [-0.4, -0.2) is 16.3 Å². The summed E-state index contributed by atoms with van der Waals surface area (Å²) in [5.41, 5.74) is 2.12. The number of halogens is 2. The van der Waals surface area contributed by atoms with Crippen LogP contribution in [0.3, 0.4) is 0 Å². The number of nitrogens with zero attached hydrogens (tertiary/aromatic N) is 2. The van der Waals surface area contributed by atoms with E-state index < -0.39 is 0 Å². The van der Waals surface area contributed by atoms with Crippen molar-refractivity contribution in [3.05, 3.63) is 52.6 Å². The van der Waals surface area contributed by atoms with Crippen LogP contribution in [0.1, 0.15) is 24.1 Å². The summed E-state index contributed by atoms with van der Waals surface area (Å²) in [7, 11) is 1.89. The molecule has 0 saturated heterocycles. The van der Waals surface area contributed by atoms with Crippen molar-refractivity contribution < 1.29 is 4.39 Å². The van der Waals surface area contributed by atoms with Gasteiger partial charge in [-0.15, -0.1) is 0 Å². The van der Waals surface area contributed by atoms with Crippen LogP contribution in [-0.2, 0) is 13.5 Å². The quantitative estimate of drug-likeness (QED) is 0.913. The predicted octanol–water partition coefficient (Wildman–Crippen LogP) is 3.11. The van der Waals surface area contributed by atoms with E-state index in [-0.39, 0.29) is 16.9 Å². The Labute approximate surface area is 117 Å². The first-order valence-corrected chi connectivity index (χ1v) is 6.63. The summed E-state index contributed by atoms with van der Waals surface area (Å²) in [6, 6.07) is 5.00. The van der Waals surface area contributed by atoms with E-state index in [0.717, 1.165) is 24.1 Å². The van der Waals surface area contributed by atoms with Crippen molar-refractivity contribution in [3.63, 3.8) is 0 Å². The minimum absolute atomic E-state index is 0.153. The highest BCUT2D eigenvalue weighted by molar-refractivity contribution is 6.30. The van der Waals surface area contributed by atoms with Gasteiger partial charge in [0.05, 0.1) is 11.2 Å². The lowest BCUT2D eigenvalue weighted by atomic mass is 10.0. The number of hydrogen-bond acceptors (Lipinski definition) is 2. The second-order valence-corrected chi connectivity index (χ2v) is 4.92. The van der Waals surface area contributed by atoms with Crippen LogP contribution in [0.25, 0.3) is 0 Å². The highest BCUT2D eigenvalue weighted by Crippen LogP contribution is 2.22. The molecule has 2 aromatic rings. The Hall–Kier alpha value is -1.39. The van der Waals surface area contributed by atoms with Crippen LogP contribution >= 0.6 is 11.6 Å². The number of aryl methyl sites for hydroxylation is 1. The summed E-state index contributed by atoms with van der Waals surface area (Å²) >= 11 is 5.81. The van der Waals surface area contributed by atoms with Crippen molar-refractivity contribution in [1.29, 1.82) is 0 Å². The largest absolute Gasteiger partial charge is 0.310 e. The Morgan fingerprint density at radius 3 is 2.84 bits per heavy atom. The molecule has 0 bridgehead atoms. The minimum atomic E-state index is -0.383. The maximum absolute atomic E-state index is 13.1. The zero-order valence-corrected chi connectivity index (χ0v) is 11.8. The predicted molar refractivity (Wildman–Crippen MR) is 74.7 cm³/mol. The maximum atomic E-state index is 13.1. The Bertz CT molecular complexity index is 553. The molecule has 0 radical (unpaired) electrons. The van der Waals surface area contributed by atoms with Crippen molar-refractivity contribution in [1.82, 2.24) is 15.1 Å². The molecule has 0 amide bonds. The van der Waals surface area contributed by atoms with Crippen LogP contribution in [0, 0.1) is 5.82 Å². The van der Waals surface area contributed by atoms with Crippen molar-refractivity contribution in [2.75, 3.05) is 6.54 Å². The Morgan fingerprint density at radius 1 is 1.47 bits per heavy atom. The molecule has 2 rings (SSSR count). The molecule has 1 N–H and O–H groups in total. The molecule has 5 heteroatoms. The second-order valence-electron chi connectivity index (χ2n) is 4.51. The van der Waals surface area contributed by atoms with Gasteiger partial charge in [0, 0.05) is 24.8 Å². The van der Waals surface area contributed by atoms with Gasteiger partial charge in [0.15, 0.2) is 0 Å². The molecule has 0 aliphatic rings. The van der Waals surface area contributed by atoms with E-state index in [0.29, 0.717) is 0 Å². The Kier molecular flexibility index (Phi) is 4.56. The summed E-state index contributed by atoms with van der Waals surface area (Å²) in [5, 5.41) is 7.75. The summed E-state index contributed by atoms with van der Waals surface area (Å²) in [6.45, 7) is 2.91. The van der Waals surface area contributed by atoms with Crippen LogP contribution in [0.4, 0.5) is 4.39 Å². The molecule has 102 valence electrons. The minimum Gasteiger partial charge on any atom is -0.310 e. The van der Waals surface area contributed by atoms with E-state index in [1.54, 1.807) is 16.8 Å². The standard InChI is InChI=1S/C14H17ClFN3/c1-3-17-14(11-8-18-19(2)9-11)7-10-4-5-13(16)12(15)6-10/h4-6,8-9,14,17H,3,7H2,1-2H3. The third kappa shape index (κ3) is 3.55. The van der Waals surface area contributed by atoms with Crippen molar-refractivity contribution in [2.24, 2.45) is 7.05 Å². The zero-order chi connectivity index (χ0) is 13.8. The molecule has 1 aromatic heterocycles. The Morgan fingerprint density at radius 2 is 2.26 bits per heavy atom. The fourth-order valence-electron chi connectivity index (χ4n) is 2.08. The van der Waals surface area contributed by atoms with Crippen LogP contribution in [0.5, 0.6) is 0 Å². The van der Waals surface area contributed by atoms with Crippen LogP contribution in [0.15, 0.2) is 30.6 Å². The number of nitrogens with one attached hydrogen (secondary N) is 1. The smallest absolute Gasteiger partial charge is 0.141 e. The highest BCUT2D eigenvalue weighted by Gasteiger charge is 2.13. The molecule has 0 saturated carbocycles. The number of benzene rings is 1. The molecule has 0 aliphatic carbocycles. The molecule has 3 nitrogen and oxygen atoms in total. The van der Waals surface area contributed by atoms with Crippen LogP contribution in [0.2, 0.25) is 5.02 Å². The summed E-state index contributed by atoms with van der Waals surface area (Å²) in [6.07, 6.45) is 4.58. The highest BCUT2D eigenvalue weighted by atomic mass is 35.5. The SMILES string of the molecule is CCNC(Cc1ccc(F)c(Cl)c1)c1cnn(C)c1. The van der Waals surface area contributed by atoms with Gasteiger partial charge in [-0.1, -0.05) is 24.6 Å². The van der Waals surface area contributed by atoms with Crippen molar-refractivity contribution in [3.8, 4) is 0 Å². The fourth-order valence-corrected chi connectivity index (χ4v) is 2.28.